The smallest absolute Gasteiger partial charge is 0.317 e. The van der Waals surface area contributed by atoms with Crippen LogP contribution in [0.1, 0.15) is 48.4 Å². The van der Waals surface area contributed by atoms with E-state index in [4.69, 9.17) is 4.74 Å². The molecular formula is C28H39N5O5. The molecule has 0 radical (unpaired) electrons. The lowest BCUT2D eigenvalue weighted by atomic mass is 9.99. The van der Waals surface area contributed by atoms with E-state index in [9.17, 15) is 19.5 Å². The Morgan fingerprint density at radius 2 is 1.82 bits per heavy atom. The zero-order valence-corrected chi connectivity index (χ0v) is 23.3. The predicted octanol–water partition coefficient (Wildman–Crippen LogP) is 2.72. The van der Waals surface area contributed by atoms with Crippen LogP contribution >= 0.6 is 0 Å². The number of urea groups is 1. The second kappa shape index (κ2) is 12.3. The average molecular weight is 526 g/mol. The molecule has 206 valence electrons. The molecule has 0 spiro atoms. The monoisotopic (exact) mass is 525 g/mol. The number of aromatic nitrogens is 1. The molecule has 1 aromatic heterocycles. The third-order valence-electron chi connectivity index (χ3n) is 6.61. The van der Waals surface area contributed by atoms with Gasteiger partial charge in [-0.05, 0) is 44.5 Å². The minimum atomic E-state index is -0.437. The number of nitrogens with zero attached hydrogens (tertiary/aromatic N) is 4. The zero-order chi connectivity index (χ0) is 28.1. The van der Waals surface area contributed by atoms with Crippen LogP contribution in [-0.4, -0.2) is 102 Å². The van der Waals surface area contributed by atoms with Gasteiger partial charge in [0, 0.05) is 57.0 Å². The van der Waals surface area contributed by atoms with E-state index in [0.717, 1.165) is 5.56 Å². The highest BCUT2D eigenvalue weighted by molar-refractivity contribution is 5.98. The molecule has 0 unspecified atom stereocenters. The number of aliphatic hydroxyl groups excluding tert-OH is 1. The fourth-order valence-electron chi connectivity index (χ4n) is 4.25. The number of fused-ring (bicyclic) bond motifs is 1. The summed E-state index contributed by atoms with van der Waals surface area (Å²) in [5.41, 5.74) is 2.33. The number of carbonyl (C=O) groups is 3. The van der Waals surface area contributed by atoms with Crippen molar-refractivity contribution in [1.29, 1.82) is 0 Å². The second-order valence-electron chi connectivity index (χ2n) is 10.5. The lowest BCUT2D eigenvalue weighted by molar-refractivity contribution is 0.0352. The van der Waals surface area contributed by atoms with Crippen molar-refractivity contribution in [3.05, 3.63) is 47.7 Å². The maximum absolute atomic E-state index is 13.7. The molecule has 3 rings (SSSR count). The summed E-state index contributed by atoms with van der Waals surface area (Å²) >= 11 is 0. The Labute approximate surface area is 224 Å². The molecule has 4 amide bonds. The summed E-state index contributed by atoms with van der Waals surface area (Å²) in [6.07, 6.45) is 1.19. The molecule has 1 aliphatic rings. The van der Waals surface area contributed by atoms with E-state index in [1.54, 1.807) is 62.3 Å². The number of rotatable bonds is 7. The molecule has 3 atom stereocenters. The lowest BCUT2D eigenvalue weighted by Crippen LogP contribution is -2.51. The van der Waals surface area contributed by atoms with Gasteiger partial charge in [0.25, 0.3) is 11.8 Å². The van der Waals surface area contributed by atoms with Crippen molar-refractivity contribution in [1.82, 2.24) is 25.0 Å². The molecule has 0 saturated heterocycles. The van der Waals surface area contributed by atoms with Crippen LogP contribution in [0.25, 0.3) is 11.1 Å². The molecule has 2 N–H and O–H groups in total. The van der Waals surface area contributed by atoms with Crippen LogP contribution in [0, 0.1) is 5.92 Å². The average Bonchev–Trinajstić information content (AvgIpc) is 2.89. The third kappa shape index (κ3) is 6.61. The number of hydrogen-bond donors (Lipinski definition) is 2. The maximum atomic E-state index is 13.7. The largest absolute Gasteiger partial charge is 0.472 e. The molecule has 1 aliphatic heterocycles. The molecule has 0 aliphatic carbocycles. The van der Waals surface area contributed by atoms with Gasteiger partial charge in [0.2, 0.25) is 5.88 Å². The SMILES string of the molecule is CC(C)NC(=O)N(C)C[C@@H]1Oc2ncc(-c3ccc(C(=O)N(C)C)cc3)cc2C(=O)N([C@@H](C)CO)C[C@H]1C. The number of likely N-dealkylation sites (N-methyl/N-ethyl adjacent to an activating group) is 1. The molecule has 10 nitrogen and oxygen atoms in total. The van der Waals surface area contributed by atoms with E-state index >= 15 is 0 Å². The van der Waals surface area contributed by atoms with E-state index < -0.39 is 12.1 Å². The Morgan fingerprint density at radius 1 is 1.16 bits per heavy atom. The quantitative estimate of drug-likeness (QED) is 0.575. The Bertz CT molecular complexity index is 1150. The normalized spacial score (nSPS) is 18.1. The molecule has 1 aromatic carbocycles. The Balaban J connectivity index is 1.98. The van der Waals surface area contributed by atoms with Crippen LogP contribution in [0.2, 0.25) is 0 Å². The number of aliphatic hydroxyl groups is 1. The standard InChI is InChI=1S/C28H39N5O5/c1-17(2)30-28(37)32(7)15-24-18(3)14-33(19(4)16-34)27(36)23-12-22(13-29-25(23)38-24)20-8-10-21(11-9-20)26(35)31(5)6/h8-13,17-19,24,34H,14-16H2,1-7H3,(H,30,37)/t18-,19+,24+/m1/s1. The van der Waals surface area contributed by atoms with Crippen molar-refractivity contribution in [3.8, 4) is 17.0 Å². The van der Waals surface area contributed by atoms with Gasteiger partial charge < -0.3 is 29.9 Å². The van der Waals surface area contributed by atoms with Gasteiger partial charge in [0.05, 0.1) is 19.2 Å². The van der Waals surface area contributed by atoms with Gasteiger partial charge in [0.1, 0.15) is 11.7 Å². The van der Waals surface area contributed by atoms with Gasteiger partial charge in [-0.15, -0.1) is 0 Å². The van der Waals surface area contributed by atoms with Gasteiger partial charge >= 0.3 is 6.03 Å². The van der Waals surface area contributed by atoms with E-state index in [2.05, 4.69) is 10.3 Å². The van der Waals surface area contributed by atoms with Crippen LogP contribution in [0.15, 0.2) is 36.5 Å². The molecule has 2 heterocycles. The second-order valence-corrected chi connectivity index (χ2v) is 10.5. The summed E-state index contributed by atoms with van der Waals surface area (Å²) in [7, 11) is 5.10. The van der Waals surface area contributed by atoms with Crippen LogP contribution in [0.4, 0.5) is 4.79 Å². The first-order valence-electron chi connectivity index (χ1n) is 12.8. The Morgan fingerprint density at radius 3 is 2.39 bits per heavy atom. The highest BCUT2D eigenvalue weighted by Gasteiger charge is 2.35. The summed E-state index contributed by atoms with van der Waals surface area (Å²) in [5, 5.41) is 12.8. The Kier molecular flexibility index (Phi) is 9.32. The number of pyridine rings is 1. The van der Waals surface area contributed by atoms with Crippen molar-refractivity contribution in [2.45, 2.75) is 45.9 Å². The minimum Gasteiger partial charge on any atom is -0.472 e. The first kappa shape index (κ1) is 28.9. The van der Waals surface area contributed by atoms with Gasteiger partial charge in [-0.1, -0.05) is 19.1 Å². The van der Waals surface area contributed by atoms with Crippen LogP contribution in [0.5, 0.6) is 5.88 Å². The number of hydrogen-bond acceptors (Lipinski definition) is 6. The first-order chi connectivity index (χ1) is 17.9. The molecule has 2 aromatic rings. The summed E-state index contributed by atoms with van der Waals surface area (Å²) in [4.78, 5) is 47.7. The van der Waals surface area contributed by atoms with Crippen molar-refractivity contribution in [2.24, 2.45) is 5.92 Å². The molecule has 0 saturated carbocycles. The fourth-order valence-corrected chi connectivity index (χ4v) is 4.25. The fraction of sp³-hybridized carbons (Fsp3) is 0.500. The van der Waals surface area contributed by atoms with Crippen LogP contribution in [0.3, 0.4) is 0 Å². The Hall–Kier alpha value is -3.66. The van der Waals surface area contributed by atoms with E-state index in [-0.39, 0.29) is 47.9 Å². The molecule has 0 bridgehead atoms. The van der Waals surface area contributed by atoms with E-state index in [1.807, 2.05) is 32.9 Å². The molecule has 38 heavy (non-hydrogen) atoms. The lowest BCUT2D eigenvalue weighted by Gasteiger charge is -2.37. The number of amides is 4. The van der Waals surface area contributed by atoms with Crippen LogP contribution in [-0.2, 0) is 0 Å². The van der Waals surface area contributed by atoms with Crippen molar-refractivity contribution >= 4 is 17.8 Å². The number of ether oxygens (including phenoxy) is 1. The van der Waals surface area contributed by atoms with Crippen molar-refractivity contribution in [2.75, 3.05) is 40.8 Å². The van der Waals surface area contributed by atoms with Gasteiger partial charge in [-0.2, -0.15) is 0 Å². The maximum Gasteiger partial charge on any atom is 0.317 e. The highest BCUT2D eigenvalue weighted by Crippen LogP contribution is 2.30. The van der Waals surface area contributed by atoms with Gasteiger partial charge in [0.15, 0.2) is 0 Å². The number of benzene rings is 1. The van der Waals surface area contributed by atoms with Gasteiger partial charge in [-0.3, -0.25) is 9.59 Å². The first-order valence-corrected chi connectivity index (χ1v) is 12.8. The van der Waals surface area contributed by atoms with E-state index in [0.29, 0.717) is 24.2 Å². The summed E-state index contributed by atoms with van der Waals surface area (Å²) in [6.45, 7) is 7.98. The van der Waals surface area contributed by atoms with Crippen LogP contribution < -0.4 is 10.1 Å². The number of carbonyl (C=O) groups excluding carboxylic acids is 3. The zero-order valence-electron chi connectivity index (χ0n) is 23.3. The summed E-state index contributed by atoms with van der Waals surface area (Å²) in [5.74, 6) is -0.343. The van der Waals surface area contributed by atoms with Gasteiger partial charge in [-0.25, -0.2) is 9.78 Å². The minimum absolute atomic E-state index is 0.00461. The highest BCUT2D eigenvalue weighted by atomic mass is 16.5. The number of nitrogens with one attached hydrogen (secondary N) is 1. The molecular weight excluding hydrogens is 486 g/mol. The molecule has 10 heteroatoms. The topological polar surface area (TPSA) is 115 Å². The van der Waals surface area contributed by atoms with Crippen molar-refractivity contribution in [3.63, 3.8) is 0 Å². The van der Waals surface area contributed by atoms with Crippen molar-refractivity contribution < 1.29 is 24.2 Å². The predicted molar refractivity (Wildman–Crippen MR) is 145 cm³/mol. The van der Waals surface area contributed by atoms with E-state index in [1.165, 1.54) is 4.90 Å². The third-order valence-corrected chi connectivity index (χ3v) is 6.61. The molecule has 0 fully saturated rings. The summed E-state index contributed by atoms with van der Waals surface area (Å²) < 4.78 is 6.28. The summed E-state index contributed by atoms with van der Waals surface area (Å²) in [6, 6.07) is 8.20.